The maximum Gasteiger partial charge on any atom is 0.410 e. The predicted molar refractivity (Wildman–Crippen MR) is 194 cm³/mol. The fourth-order valence-electron chi connectivity index (χ4n) is 6.36. The molecule has 0 spiro atoms. The molecule has 0 N–H and O–H groups in total. The van der Waals surface area contributed by atoms with Crippen LogP contribution in [-0.4, -0.2) is 88.8 Å². The Morgan fingerprint density at radius 2 is 1.23 bits per heavy atom. The Hall–Kier alpha value is -5.28. The Morgan fingerprint density at radius 1 is 0.750 bits per heavy atom. The lowest BCUT2D eigenvalue weighted by atomic mass is 9.97. The summed E-state index contributed by atoms with van der Waals surface area (Å²) in [5.74, 6) is 0.824. The summed E-state index contributed by atoms with van der Waals surface area (Å²) in [6.07, 6.45) is 6.54. The molecule has 0 radical (unpaired) electrons. The molecule has 2 aliphatic heterocycles. The molecule has 2 fully saturated rings. The van der Waals surface area contributed by atoms with Crippen molar-refractivity contribution < 1.29 is 28.9 Å². The number of nitro groups is 2. The number of fused-ring (bicyclic) bond motifs is 2. The highest BCUT2D eigenvalue weighted by Crippen LogP contribution is 2.26. The first-order chi connectivity index (χ1) is 24.4. The normalized spacial score (nSPS) is 16.0. The van der Waals surface area contributed by atoms with Crippen LogP contribution in [0.15, 0.2) is 48.8 Å². The van der Waals surface area contributed by atoms with Crippen molar-refractivity contribution in [1.82, 2.24) is 29.4 Å². The van der Waals surface area contributed by atoms with Crippen molar-refractivity contribution in [2.75, 3.05) is 26.2 Å². The number of benzene rings is 2. The quantitative estimate of drug-likeness (QED) is 0.146. The van der Waals surface area contributed by atoms with E-state index in [4.69, 9.17) is 9.47 Å². The summed E-state index contributed by atoms with van der Waals surface area (Å²) in [5.41, 5.74) is 0.827. The van der Waals surface area contributed by atoms with E-state index in [1.807, 2.05) is 57.1 Å². The molecule has 4 aromatic rings. The number of carbonyl (C=O) groups excluding carboxylic acids is 2. The highest BCUT2D eigenvalue weighted by Gasteiger charge is 2.29. The fraction of sp³-hybridized carbons (Fsp3) is 0.556. The van der Waals surface area contributed by atoms with Crippen molar-refractivity contribution in [3.05, 3.63) is 69.0 Å². The molecule has 2 aromatic heterocycles. The average molecular weight is 721 g/mol. The second kappa shape index (κ2) is 15.5. The molecule has 2 aliphatic rings. The van der Waals surface area contributed by atoms with E-state index in [0.29, 0.717) is 38.0 Å². The van der Waals surface area contributed by atoms with Gasteiger partial charge in [0.15, 0.2) is 0 Å². The van der Waals surface area contributed by atoms with Gasteiger partial charge in [-0.15, -0.1) is 0 Å². The smallest absolute Gasteiger partial charge is 0.410 e. The number of rotatable bonds is 6. The van der Waals surface area contributed by atoms with Crippen molar-refractivity contribution >= 4 is 45.4 Å². The third kappa shape index (κ3) is 10.2. The summed E-state index contributed by atoms with van der Waals surface area (Å²) < 4.78 is 14.6. The summed E-state index contributed by atoms with van der Waals surface area (Å²) in [7, 11) is 0. The summed E-state index contributed by atoms with van der Waals surface area (Å²) in [5, 5.41) is 32.2. The number of carbonyl (C=O) groups is 2. The molecule has 16 heteroatoms. The van der Waals surface area contributed by atoms with E-state index in [2.05, 4.69) is 10.2 Å². The maximum atomic E-state index is 12.1. The molecule has 4 heterocycles. The minimum atomic E-state index is -0.482. The Morgan fingerprint density at radius 3 is 1.73 bits per heavy atom. The van der Waals surface area contributed by atoms with Crippen molar-refractivity contribution in [2.45, 2.75) is 91.5 Å². The zero-order valence-electron chi connectivity index (χ0n) is 30.7. The Labute approximate surface area is 301 Å². The first-order valence-corrected chi connectivity index (χ1v) is 17.6. The topological polar surface area (TPSA) is 181 Å². The number of piperidine rings is 2. The van der Waals surface area contributed by atoms with Gasteiger partial charge < -0.3 is 19.3 Å². The van der Waals surface area contributed by atoms with Crippen LogP contribution in [0.3, 0.4) is 0 Å². The molecule has 2 saturated heterocycles. The minimum Gasteiger partial charge on any atom is -0.444 e. The van der Waals surface area contributed by atoms with Crippen LogP contribution >= 0.6 is 0 Å². The van der Waals surface area contributed by atoms with E-state index in [9.17, 15) is 29.8 Å². The lowest BCUT2D eigenvalue weighted by Gasteiger charge is -2.33. The molecule has 6 rings (SSSR count). The van der Waals surface area contributed by atoms with Gasteiger partial charge in [0, 0.05) is 80.5 Å². The van der Waals surface area contributed by atoms with Crippen LogP contribution in [-0.2, 0) is 22.6 Å². The number of nitrogens with zero attached hydrogens (tertiary/aromatic N) is 8. The third-order valence-electron chi connectivity index (χ3n) is 8.99. The van der Waals surface area contributed by atoms with Crippen LogP contribution in [0.1, 0.15) is 67.2 Å². The monoisotopic (exact) mass is 720 g/mol. The molecular weight excluding hydrogens is 672 g/mol. The second-order valence-electron chi connectivity index (χ2n) is 15.5. The number of aromatic nitrogens is 4. The van der Waals surface area contributed by atoms with E-state index in [1.54, 1.807) is 40.3 Å². The van der Waals surface area contributed by atoms with Gasteiger partial charge in [0.2, 0.25) is 0 Å². The van der Waals surface area contributed by atoms with E-state index in [1.165, 1.54) is 12.1 Å². The van der Waals surface area contributed by atoms with Crippen LogP contribution in [0.2, 0.25) is 0 Å². The number of hydrogen-bond acceptors (Lipinski definition) is 10. The van der Waals surface area contributed by atoms with Crippen molar-refractivity contribution in [3.8, 4) is 0 Å². The van der Waals surface area contributed by atoms with Crippen LogP contribution in [0.4, 0.5) is 21.0 Å². The number of ether oxygens (including phenoxy) is 2. The molecule has 0 aliphatic carbocycles. The van der Waals surface area contributed by atoms with Gasteiger partial charge in [0.25, 0.3) is 11.4 Å². The van der Waals surface area contributed by atoms with Gasteiger partial charge >= 0.3 is 12.2 Å². The van der Waals surface area contributed by atoms with Crippen LogP contribution in [0.5, 0.6) is 0 Å². The molecule has 0 bridgehead atoms. The van der Waals surface area contributed by atoms with E-state index >= 15 is 0 Å². The number of nitro benzene ring substituents is 2. The standard InChI is InChI=1S/2C18H24N4O4/c1-18(2,3)26-17(23)20-8-6-13(7-9-20)12-21-16-5-4-15(22(24)25)10-14(16)11-19-21;1-18(2,3)26-17(23)20-8-6-13(7-9-20)11-21-12-14-10-15(22(24)25)4-5-16(14)19-21/h4-5,10-11,13H,6-9,12H2,1-3H3;4-5,10,12-13H,6-9,11H2,1-3H3. The van der Waals surface area contributed by atoms with Gasteiger partial charge in [-0.2, -0.15) is 10.2 Å². The van der Waals surface area contributed by atoms with Gasteiger partial charge in [-0.1, -0.05) is 0 Å². The highest BCUT2D eigenvalue weighted by molar-refractivity contribution is 5.81. The lowest BCUT2D eigenvalue weighted by molar-refractivity contribution is -0.384. The van der Waals surface area contributed by atoms with Crippen LogP contribution in [0, 0.1) is 32.1 Å². The molecule has 52 heavy (non-hydrogen) atoms. The molecule has 0 unspecified atom stereocenters. The number of non-ortho nitro benzene ring substituents is 2. The van der Waals surface area contributed by atoms with E-state index < -0.39 is 21.0 Å². The average Bonchev–Trinajstić information content (AvgIpc) is 3.66. The predicted octanol–water partition coefficient (Wildman–Crippen LogP) is 7.18. The largest absolute Gasteiger partial charge is 0.444 e. The summed E-state index contributed by atoms with van der Waals surface area (Å²) in [4.78, 5) is 48.7. The molecule has 16 nitrogen and oxygen atoms in total. The van der Waals surface area contributed by atoms with Crippen molar-refractivity contribution in [2.24, 2.45) is 11.8 Å². The zero-order valence-corrected chi connectivity index (χ0v) is 30.7. The van der Waals surface area contributed by atoms with E-state index in [0.717, 1.165) is 60.6 Å². The van der Waals surface area contributed by atoms with Crippen molar-refractivity contribution in [3.63, 3.8) is 0 Å². The molecule has 2 aromatic carbocycles. The van der Waals surface area contributed by atoms with Gasteiger partial charge in [-0.3, -0.25) is 29.6 Å². The molecular formula is C36H48N8O8. The Kier molecular flexibility index (Phi) is 11.3. The third-order valence-corrected chi connectivity index (χ3v) is 8.99. The summed E-state index contributed by atoms with van der Waals surface area (Å²) in [6, 6.07) is 9.49. The van der Waals surface area contributed by atoms with Gasteiger partial charge in [-0.05, 0) is 91.2 Å². The lowest BCUT2D eigenvalue weighted by Crippen LogP contribution is -2.42. The van der Waals surface area contributed by atoms with Gasteiger partial charge in [0.05, 0.1) is 27.1 Å². The van der Waals surface area contributed by atoms with Crippen LogP contribution in [0.25, 0.3) is 21.8 Å². The van der Waals surface area contributed by atoms with Gasteiger partial charge in [-0.25, -0.2) is 9.59 Å². The zero-order chi connectivity index (χ0) is 37.8. The fourth-order valence-corrected chi connectivity index (χ4v) is 6.36. The SMILES string of the molecule is CC(C)(C)OC(=O)N1CCC(Cn2cc3cc([N+](=O)[O-])ccc3n2)CC1.CC(C)(C)OC(=O)N1CCC(Cn2ncc3cc([N+](=O)[O-])ccc32)CC1. The minimum absolute atomic E-state index is 0.0720. The molecule has 0 saturated carbocycles. The number of hydrogen-bond donors (Lipinski definition) is 0. The van der Waals surface area contributed by atoms with Crippen LogP contribution < -0.4 is 0 Å². The van der Waals surface area contributed by atoms with Gasteiger partial charge in [0.1, 0.15) is 11.2 Å². The summed E-state index contributed by atoms with van der Waals surface area (Å²) >= 11 is 0. The second-order valence-corrected chi connectivity index (χ2v) is 15.5. The number of amides is 2. The highest BCUT2D eigenvalue weighted by atomic mass is 16.6. The first kappa shape index (κ1) is 38.0. The number of likely N-dealkylation sites (tertiary alicyclic amines) is 2. The summed E-state index contributed by atoms with van der Waals surface area (Å²) in [6.45, 7) is 15.4. The Bertz CT molecular complexity index is 1890. The van der Waals surface area contributed by atoms with E-state index in [-0.39, 0.29) is 23.6 Å². The molecule has 0 atom stereocenters. The van der Waals surface area contributed by atoms with Crippen molar-refractivity contribution in [1.29, 1.82) is 0 Å². The molecule has 280 valence electrons. The molecule has 2 amide bonds. The maximum absolute atomic E-state index is 12.1. The Balaban J connectivity index is 0.000000201. The first-order valence-electron chi connectivity index (χ1n) is 17.6.